The van der Waals surface area contributed by atoms with Crippen LogP contribution in [0.15, 0.2) is 4.90 Å². The monoisotopic (exact) mass is 439 g/mol. The first-order chi connectivity index (χ1) is 12.9. The smallest absolute Gasteiger partial charge is 0.258 e. The molecule has 2 saturated carbocycles. The van der Waals surface area contributed by atoms with Crippen LogP contribution in [0.3, 0.4) is 0 Å². The van der Waals surface area contributed by atoms with E-state index in [2.05, 4.69) is 0 Å². The first-order valence-electron chi connectivity index (χ1n) is 9.28. The summed E-state index contributed by atoms with van der Waals surface area (Å²) in [7, 11) is -3.92. The second-order valence-electron chi connectivity index (χ2n) is 8.33. The third-order valence-corrected chi connectivity index (χ3v) is 9.26. The lowest BCUT2D eigenvalue weighted by molar-refractivity contribution is -0.121. The summed E-state index contributed by atoms with van der Waals surface area (Å²) in [4.78, 5) is 13.3. The molecule has 3 aliphatic carbocycles. The van der Waals surface area contributed by atoms with Crippen molar-refractivity contribution >= 4 is 27.0 Å². The van der Waals surface area contributed by atoms with Crippen molar-refractivity contribution in [2.45, 2.75) is 67.7 Å². The maximum atomic E-state index is 13.2. The minimum Gasteiger partial charge on any atom is -0.327 e. The number of hydrogen-bond acceptors (Lipinski definition) is 5. The van der Waals surface area contributed by atoms with Crippen LogP contribution in [0.4, 0.5) is 17.6 Å². The molecule has 156 valence electrons. The van der Waals surface area contributed by atoms with Gasteiger partial charge in [-0.25, -0.2) is 26.0 Å². The second-order valence-corrected chi connectivity index (χ2v) is 11.5. The fourth-order valence-electron chi connectivity index (χ4n) is 4.26. The van der Waals surface area contributed by atoms with Crippen LogP contribution in [0.2, 0.25) is 0 Å². The van der Waals surface area contributed by atoms with E-state index in [1.807, 2.05) is 0 Å². The maximum absolute atomic E-state index is 13.2. The second kappa shape index (κ2) is 6.50. The van der Waals surface area contributed by atoms with Gasteiger partial charge in [-0.2, -0.15) is 0 Å². The number of sulfone groups is 1. The highest BCUT2D eigenvalue weighted by atomic mass is 32.2. The van der Waals surface area contributed by atoms with E-state index in [1.54, 1.807) is 0 Å². The molecule has 2 atom stereocenters. The number of carbonyl (C=O) groups is 1. The van der Waals surface area contributed by atoms with Crippen LogP contribution in [0.1, 0.15) is 41.0 Å². The number of ketones is 1. The van der Waals surface area contributed by atoms with Crippen molar-refractivity contribution in [1.82, 2.24) is 0 Å². The number of hydrogen-bond donors (Lipinski definition) is 1. The Morgan fingerprint density at radius 2 is 1.82 bits per heavy atom. The zero-order valence-electron chi connectivity index (χ0n) is 15.0. The van der Waals surface area contributed by atoms with Gasteiger partial charge >= 0.3 is 0 Å². The van der Waals surface area contributed by atoms with E-state index in [0.717, 1.165) is 4.88 Å². The van der Waals surface area contributed by atoms with Crippen LogP contribution in [0, 0.1) is 11.8 Å². The molecule has 28 heavy (non-hydrogen) atoms. The fraction of sp³-hybridized carbons (Fsp3) is 0.722. The van der Waals surface area contributed by atoms with Gasteiger partial charge in [0, 0.05) is 41.5 Å². The Labute approximate surface area is 164 Å². The number of Topliss-reactive ketones (excluding diaryl/α,β-unsaturated/α-hetero) is 1. The Hall–Kier alpha value is -1.00. The maximum Gasteiger partial charge on any atom is 0.258 e. The van der Waals surface area contributed by atoms with Gasteiger partial charge in [-0.1, -0.05) is 0 Å². The third-order valence-electron chi connectivity index (χ3n) is 5.81. The molecule has 1 unspecified atom stereocenters. The lowest BCUT2D eigenvalue weighted by atomic mass is 9.83. The zero-order valence-corrected chi connectivity index (χ0v) is 16.7. The Morgan fingerprint density at radius 3 is 2.39 bits per heavy atom. The highest BCUT2D eigenvalue weighted by Crippen LogP contribution is 2.50. The Bertz CT molecular complexity index is 918. The average molecular weight is 439 g/mol. The number of thiophene rings is 1. The molecule has 0 saturated heterocycles. The van der Waals surface area contributed by atoms with E-state index in [-0.39, 0.29) is 22.2 Å². The molecule has 0 spiro atoms. The highest BCUT2D eigenvalue weighted by Gasteiger charge is 2.60. The van der Waals surface area contributed by atoms with Gasteiger partial charge in [0.15, 0.2) is 9.84 Å². The average Bonchev–Trinajstić information content (AvgIpc) is 3.01. The molecular formula is C18H21F4NO3S2. The molecule has 1 aromatic rings. The molecule has 4 nitrogen and oxygen atoms in total. The van der Waals surface area contributed by atoms with E-state index in [0.29, 0.717) is 24.8 Å². The van der Waals surface area contributed by atoms with E-state index in [4.69, 9.17) is 5.73 Å². The molecule has 0 aromatic carbocycles. The molecule has 1 heterocycles. The Morgan fingerprint density at radius 1 is 1.18 bits per heavy atom. The molecule has 2 fully saturated rings. The van der Waals surface area contributed by atoms with Crippen LogP contribution in [-0.4, -0.2) is 37.8 Å². The number of fused-ring (bicyclic) bond motifs is 1. The number of rotatable bonds is 6. The van der Waals surface area contributed by atoms with E-state index >= 15 is 0 Å². The van der Waals surface area contributed by atoms with Gasteiger partial charge in [-0.05, 0) is 30.7 Å². The van der Waals surface area contributed by atoms with Crippen LogP contribution in [-0.2, 0) is 33.9 Å². The SMILES string of the molecule is N[C@H]1CCc2sc(CC(=O)C3CC3(F)F)c(S(=O)(=O)CC3CC(F)(F)C3)c2C1. The van der Waals surface area contributed by atoms with Crippen molar-refractivity contribution in [3.63, 3.8) is 0 Å². The van der Waals surface area contributed by atoms with Crippen molar-refractivity contribution in [2.24, 2.45) is 17.6 Å². The lowest BCUT2D eigenvalue weighted by Gasteiger charge is -2.34. The molecule has 0 bridgehead atoms. The summed E-state index contributed by atoms with van der Waals surface area (Å²) in [6.07, 6.45) is -0.227. The molecule has 10 heteroatoms. The summed E-state index contributed by atoms with van der Waals surface area (Å²) in [5.41, 5.74) is 6.54. The largest absolute Gasteiger partial charge is 0.327 e. The van der Waals surface area contributed by atoms with Gasteiger partial charge in [-0.3, -0.25) is 4.79 Å². The van der Waals surface area contributed by atoms with Gasteiger partial charge in [0.25, 0.3) is 5.92 Å². The van der Waals surface area contributed by atoms with Crippen molar-refractivity contribution in [3.05, 3.63) is 15.3 Å². The minimum atomic E-state index is -3.92. The molecule has 4 rings (SSSR count). The summed E-state index contributed by atoms with van der Waals surface area (Å²) in [6, 6.07) is -0.222. The quantitative estimate of drug-likeness (QED) is 0.691. The summed E-state index contributed by atoms with van der Waals surface area (Å²) < 4.78 is 78.9. The molecule has 0 amide bonds. The lowest BCUT2D eigenvalue weighted by Crippen LogP contribution is -2.39. The Kier molecular flexibility index (Phi) is 4.71. The zero-order chi connectivity index (χ0) is 20.5. The summed E-state index contributed by atoms with van der Waals surface area (Å²) in [5.74, 6) is -8.90. The van der Waals surface area contributed by atoms with Crippen molar-refractivity contribution in [2.75, 3.05) is 5.75 Å². The number of alkyl halides is 4. The number of nitrogens with two attached hydrogens (primary N) is 1. The topological polar surface area (TPSA) is 77.2 Å². The predicted molar refractivity (Wildman–Crippen MR) is 95.8 cm³/mol. The van der Waals surface area contributed by atoms with Crippen LogP contribution in [0.25, 0.3) is 0 Å². The molecule has 0 aliphatic heterocycles. The molecule has 1 aromatic heterocycles. The van der Waals surface area contributed by atoms with Crippen molar-refractivity contribution in [3.8, 4) is 0 Å². The standard InChI is InChI=1S/C18H21F4NO3S2/c19-17(20)5-9(6-17)8-28(25,26)16-11-3-10(23)1-2-14(11)27-15(16)4-13(24)12-7-18(12,21)22/h9-10,12H,1-8,23H2/t10-,12?/m0/s1. The van der Waals surface area contributed by atoms with Crippen molar-refractivity contribution in [1.29, 1.82) is 0 Å². The molecule has 2 N–H and O–H groups in total. The van der Waals surface area contributed by atoms with E-state index in [9.17, 15) is 30.8 Å². The van der Waals surface area contributed by atoms with Gasteiger partial charge in [-0.15, -0.1) is 11.3 Å². The Balaban J connectivity index is 1.64. The van der Waals surface area contributed by atoms with E-state index in [1.165, 1.54) is 11.3 Å². The summed E-state index contributed by atoms with van der Waals surface area (Å²) in [6.45, 7) is 0. The first-order valence-corrected chi connectivity index (χ1v) is 11.7. The summed E-state index contributed by atoms with van der Waals surface area (Å²) >= 11 is 1.17. The van der Waals surface area contributed by atoms with Crippen LogP contribution < -0.4 is 5.73 Å². The van der Waals surface area contributed by atoms with Crippen molar-refractivity contribution < 1.29 is 30.8 Å². The highest BCUT2D eigenvalue weighted by molar-refractivity contribution is 7.91. The summed E-state index contributed by atoms with van der Waals surface area (Å²) in [5, 5.41) is 0. The molecule has 0 radical (unpaired) electrons. The normalized spacial score (nSPS) is 28.5. The van der Waals surface area contributed by atoms with Gasteiger partial charge in [0.05, 0.1) is 16.6 Å². The number of aryl methyl sites for hydroxylation is 1. The molecular weight excluding hydrogens is 418 g/mol. The van der Waals surface area contributed by atoms with Crippen LogP contribution >= 0.6 is 11.3 Å². The third kappa shape index (κ3) is 3.75. The molecule has 3 aliphatic rings. The predicted octanol–water partition coefficient (Wildman–Crippen LogP) is 3.15. The number of carbonyl (C=O) groups excluding carboxylic acids is 1. The first kappa shape index (κ1) is 20.3. The van der Waals surface area contributed by atoms with E-state index < -0.39 is 64.3 Å². The number of halogens is 4. The fourth-order valence-corrected chi connectivity index (χ4v) is 8.11. The van der Waals surface area contributed by atoms with Crippen LogP contribution in [0.5, 0.6) is 0 Å². The van der Waals surface area contributed by atoms with Gasteiger partial charge < -0.3 is 5.73 Å². The minimum absolute atomic E-state index is 0.00446. The van der Waals surface area contributed by atoms with Gasteiger partial charge in [0.1, 0.15) is 5.78 Å². The van der Waals surface area contributed by atoms with Gasteiger partial charge in [0.2, 0.25) is 5.92 Å².